The Morgan fingerprint density at radius 1 is 1.07 bits per heavy atom. The second-order valence-electron chi connectivity index (χ2n) is 7.01. The Kier molecular flexibility index (Phi) is 4.96. The highest BCUT2D eigenvalue weighted by molar-refractivity contribution is 5.93. The molecular formula is C21H22N4O4. The highest BCUT2D eigenvalue weighted by Gasteiger charge is 2.25. The van der Waals surface area contributed by atoms with Crippen LogP contribution in [0.5, 0.6) is 11.5 Å². The van der Waals surface area contributed by atoms with Crippen LogP contribution < -0.4 is 20.5 Å². The molecule has 0 aliphatic carbocycles. The fourth-order valence-electron chi connectivity index (χ4n) is 3.76. The van der Waals surface area contributed by atoms with Gasteiger partial charge < -0.3 is 31.0 Å². The van der Waals surface area contributed by atoms with E-state index in [-0.39, 0.29) is 18.3 Å². The molecule has 2 aliphatic rings. The first-order valence-electron chi connectivity index (χ1n) is 9.32. The Labute approximate surface area is 167 Å². The standard InChI is InChI=1S/C21H20N4O3.H2O/c22-20(26)12-3-5-13(6-4-12)21-24-18(19(25-21)15-2-1-9-23-15)14-7-8-16-17(10-14)28-11-27-16;/h3-8,10,15,23H,1-2,9,11H2,(H2,22,26)(H,24,25);1H2. The van der Waals surface area contributed by atoms with Crippen LogP contribution in [0.25, 0.3) is 22.6 Å². The number of carbonyl (C=O) groups excluding carboxylic acids is 1. The lowest BCUT2D eigenvalue weighted by Crippen LogP contribution is -2.14. The Balaban J connectivity index is 0.00000205. The molecule has 1 saturated heterocycles. The van der Waals surface area contributed by atoms with Gasteiger partial charge in [-0.2, -0.15) is 0 Å². The first kappa shape index (κ1) is 19.0. The third-order valence-corrected chi connectivity index (χ3v) is 5.23. The maximum absolute atomic E-state index is 11.3. The van der Waals surface area contributed by atoms with Gasteiger partial charge in [0.05, 0.1) is 11.4 Å². The fourth-order valence-corrected chi connectivity index (χ4v) is 3.76. The van der Waals surface area contributed by atoms with Crippen LogP contribution in [0.2, 0.25) is 0 Å². The van der Waals surface area contributed by atoms with Crippen molar-refractivity contribution in [2.75, 3.05) is 13.3 Å². The SMILES string of the molecule is NC(=O)c1ccc(-c2nc(-c3ccc4c(c3)OCO4)c(C3CCCN3)[nH]2)cc1.O. The number of aromatic amines is 1. The minimum Gasteiger partial charge on any atom is -0.454 e. The zero-order valence-electron chi connectivity index (χ0n) is 15.7. The van der Waals surface area contributed by atoms with Crippen LogP contribution in [0.3, 0.4) is 0 Å². The van der Waals surface area contributed by atoms with E-state index in [1.807, 2.05) is 30.3 Å². The molecule has 0 saturated carbocycles. The molecule has 29 heavy (non-hydrogen) atoms. The number of benzene rings is 2. The summed E-state index contributed by atoms with van der Waals surface area (Å²) in [7, 11) is 0. The summed E-state index contributed by atoms with van der Waals surface area (Å²) in [4.78, 5) is 19.7. The molecule has 1 amide bonds. The van der Waals surface area contributed by atoms with E-state index in [2.05, 4.69) is 10.3 Å². The van der Waals surface area contributed by atoms with Crippen molar-refractivity contribution in [2.45, 2.75) is 18.9 Å². The molecule has 8 nitrogen and oxygen atoms in total. The number of fused-ring (bicyclic) bond motifs is 1. The van der Waals surface area contributed by atoms with Crippen LogP contribution >= 0.6 is 0 Å². The van der Waals surface area contributed by atoms with Gasteiger partial charge in [0.1, 0.15) is 5.82 Å². The molecule has 1 aromatic heterocycles. The van der Waals surface area contributed by atoms with Crippen molar-refractivity contribution in [3.63, 3.8) is 0 Å². The van der Waals surface area contributed by atoms with E-state index in [9.17, 15) is 4.79 Å². The maximum atomic E-state index is 11.3. The van der Waals surface area contributed by atoms with Gasteiger partial charge in [-0.05, 0) is 49.7 Å². The van der Waals surface area contributed by atoms with Crippen molar-refractivity contribution in [2.24, 2.45) is 5.73 Å². The van der Waals surface area contributed by atoms with Crippen LogP contribution in [0.15, 0.2) is 42.5 Å². The van der Waals surface area contributed by atoms with Gasteiger partial charge in [-0.25, -0.2) is 4.98 Å². The molecule has 5 rings (SSSR count). The summed E-state index contributed by atoms with van der Waals surface area (Å²) in [5.74, 6) is 1.80. The number of nitrogens with two attached hydrogens (primary N) is 1. The number of hydrogen-bond acceptors (Lipinski definition) is 5. The van der Waals surface area contributed by atoms with E-state index in [0.717, 1.165) is 59.2 Å². The summed E-state index contributed by atoms with van der Waals surface area (Å²) in [5.41, 5.74) is 9.65. The molecule has 6 N–H and O–H groups in total. The minimum absolute atomic E-state index is 0. The Bertz CT molecular complexity index is 1040. The van der Waals surface area contributed by atoms with Crippen LogP contribution in [0.1, 0.15) is 34.9 Å². The first-order valence-corrected chi connectivity index (χ1v) is 9.32. The molecule has 0 radical (unpaired) electrons. The van der Waals surface area contributed by atoms with Crippen LogP contribution in [-0.2, 0) is 0 Å². The normalized spacial score (nSPS) is 17.2. The highest BCUT2D eigenvalue weighted by atomic mass is 16.7. The molecule has 1 atom stereocenters. The van der Waals surface area contributed by atoms with Crippen molar-refractivity contribution < 1.29 is 19.7 Å². The number of nitrogens with zero attached hydrogens (tertiary/aromatic N) is 1. The molecule has 8 heteroatoms. The summed E-state index contributed by atoms with van der Waals surface area (Å²) in [5, 5.41) is 3.54. The third kappa shape index (κ3) is 3.43. The van der Waals surface area contributed by atoms with Crippen molar-refractivity contribution in [3.05, 3.63) is 53.7 Å². The smallest absolute Gasteiger partial charge is 0.248 e. The van der Waals surface area contributed by atoms with Gasteiger partial charge in [-0.15, -0.1) is 0 Å². The van der Waals surface area contributed by atoms with E-state index in [1.165, 1.54) is 0 Å². The predicted molar refractivity (Wildman–Crippen MR) is 108 cm³/mol. The summed E-state index contributed by atoms with van der Waals surface area (Å²) in [6.45, 7) is 1.24. The van der Waals surface area contributed by atoms with Gasteiger partial charge in [0.15, 0.2) is 11.5 Å². The lowest BCUT2D eigenvalue weighted by molar-refractivity contribution is 0.100. The molecule has 2 aliphatic heterocycles. The quantitative estimate of drug-likeness (QED) is 0.623. The molecular weight excluding hydrogens is 372 g/mol. The van der Waals surface area contributed by atoms with E-state index >= 15 is 0 Å². The number of amides is 1. The number of rotatable bonds is 4. The second kappa shape index (κ2) is 7.57. The molecule has 3 heterocycles. The molecule has 0 bridgehead atoms. The number of imidazole rings is 1. The summed E-state index contributed by atoms with van der Waals surface area (Å²) < 4.78 is 11.0. The fraction of sp³-hybridized carbons (Fsp3) is 0.238. The molecule has 0 spiro atoms. The van der Waals surface area contributed by atoms with Crippen LogP contribution in [0, 0.1) is 0 Å². The van der Waals surface area contributed by atoms with Gasteiger partial charge in [0.25, 0.3) is 0 Å². The lowest BCUT2D eigenvalue weighted by atomic mass is 10.0. The molecule has 1 unspecified atom stereocenters. The average Bonchev–Trinajstić information content (AvgIpc) is 3.47. The zero-order valence-corrected chi connectivity index (χ0v) is 15.7. The summed E-state index contributed by atoms with van der Waals surface area (Å²) in [6, 6.07) is 13.3. The largest absolute Gasteiger partial charge is 0.454 e. The first-order chi connectivity index (χ1) is 13.7. The second-order valence-corrected chi connectivity index (χ2v) is 7.01. The molecule has 2 aromatic carbocycles. The zero-order chi connectivity index (χ0) is 19.1. The van der Waals surface area contributed by atoms with Crippen molar-refractivity contribution >= 4 is 5.91 Å². The molecule has 150 valence electrons. The molecule has 1 fully saturated rings. The summed E-state index contributed by atoms with van der Waals surface area (Å²) in [6.07, 6.45) is 2.19. The van der Waals surface area contributed by atoms with Crippen molar-refractivity contribution in [1.29, 1.82) is 0 Å². The van der Waals surface area contributed by atoms with E-state index in [4.69, 9.17) is 20.2 Å². The third-order valence-electron chi connectivity index (χ3n) is 5.23. The number of ether oxygens (including phenoxy) is 2. The van der Waals surface area contributed by atoms with E-state index in [0.29, 0.717) is 5.56 Å². The van der Waals surface area contributed by atoms with Crippen molar-refractivity contribution in [1.82, 2.24) is 15.3 Å². The predicted octanol–water partition coefficient (Wildman–Crippen LogP) is 2.17. The molecule has 3 aromatic rings. The minimum atomic E-state index is -0.442. The van der Waals surface area contributed by atoms with Gasteiger partial charge in [0, 0.05) is 22.7 Å². The van der Waals surface area contributed by atoms with Gasteiger partial charge in [-0.1, -0.05) is 12.1 Å². The maximum Gasteiger partial charge on any atom is 0.248 e. The Morgan fingerprint density at radius 3 is 2.55 bits per heavy atom. The number of hydrogen-bond donors (Lipinski definition) is 3. The lowest BCUT2D eigenvalue weighted by Gasteiger charge is -2.10. The Hall–Kier alpha value is -3.36. The van der Waals surface area contributed by atoms with E-state index < -0.39 is 5.91 Å². The van der Waals surface area contributed by atoms with Crippen LogP contribution in [0.4, 0.5) is 0 Å². The Morgan fingerprint density at radius 2 is 1.83 bits per heavy atom. The number of H-pyrrole nitrogens is 1. The highest BCUT2D eigenvalue weighted by Crippen LogP contribution is 2.39. The van der Waals surface area contributed by atoms with Gasteiger partial charge in [0.2, 0.25) is 12.7 Å². The topological polar surface area (TPSA) is 134 Å². The average molecular weight is 394 g/mol. The number of primary amides is 1. The number of aromatic nitrogens is 2. The van der Waals surface area contributed by atoms with E-state index in [1.54, 1.807) is 12.1 Å². The van der Waals surface area contributed by atoms with Crippen LogP contribution in [-0.4, -0.2) is 34.7 Å². The number of nitrogens with one attached hydrogen (secondary N) is 2. The summed E-state index contributed by atoms with van der Waals surface area (Å²) >= 11 is 0. The number of carbonyl (C=O) groups is 1. The van der Waals surface area contributed by atoms with Gasteiger partial charge >= 0.3 is 0 Å². The van der Waals surface area contributed by atoms with Crippen molar-refractivity contribution in [3.8, 4) is 34.1 Å². The van der Waals surface area contributed by atoms with Gasteiger partial charge in [-0.3, -0.25) is 4.79 Å². The monoisotopic (exact) mass is 394 g/mol.